The molecule has 1 atom stereocenters. The van der Waals surface area contributed by atoms with Crippen LogP contribution in [0.4, 0.5) is 5.82 Å². The minimum atomic E-state index is 0. The SMILES string of the molecule is CCNC(=NCCCn1ccnc1)NC1CCN(c2ncccc2Cl)C1.I. The van der Waals surface area contributed by atoms with E-state index < -0.39 is 0 Å². The van der Waals surface area contributed by atoms with Crippen molar-refractivity contribution in [1.82, 2.24) is 25.2 Å². The van der Waals surface area contributed by atoms with E-state index in [0.29, 0.717) is 11.1 Å². The monoisotopic (exact) mass is 503 g/mol. The van der Waals surface area contributed by atoms with Gasteiger partial charge in [-0.2, -0.15) is 0 Å². The van der Waals surface area contributed by atoms with E-state index in [1.54, 1.807) is 12.4 Å². The molecule has 0 radical (unpaired) electrons. The van der Waals surface area contributed by atoms with Gasteiger partial charge in [-0.15, -0.1) is 24.0 Å². The summed E-state index contributed by atoms with van der Waals surface area (Å²) in [5.41, 5.74) is 0. The van der Waals surface area contributed by atoms with E-state index in [2.05, 4.69) is 37.0 Å². The fourth-order valence-corrected chi connectivity index (χ4v) is 3.30. The van der Waals surface area contributed by atoms with E-state index in [-0.39, 0.29) is 24.0 Å². The molecule has 27 heavy (non-hydrogen) atoms. The number of imidazole rings is 1. The van der Waals surface area contributed by atoms with E-state index in [1.807, 2.05) is 24.7 Å². The van der Waals surface area contributed by atoms with Crippen molar-refractivity contribution in [3.63, 3.8) is 0 Å². The van der Waals surface area contributed by atoms with Crippen LogP contribution in [0.2, 0.25) is 5.02 Å². The number of halogens is 2. The number of aryl methyl sites for hydroxylation is 1. The van der Waals surface area contributed by atoms with Gasteiger partial charge in [0.05, 0.1) is 11.3 Å². The van der Waals surface area contributed by atoms with Crippen LogP contribution < -0.4 is 15.5 Å². The molecule has 0 spiro atoms. The Morgan fingerprint density at radius 2 is 2.30 bits per heavy atom. The lowest BCUT2D eigenvalue weighted by atomic mass is 10.3. The first-order valence-corrected chi connectivity index (χ1v) is 9.50. The molecule has 148 valence electrons. The van der Waals surface area contributed by atoms with Gasteiger partial charge in [-0.3, -0.25) is 4.99 Å². The number of aromatic nitrogens is 3. The van der Waals surface area contributed by atoms with E-state index in [1.165, 1.54) is 0 Å². The fraction of sp³-hybridized carbons (Fsp3) is 0.500. The first-order chi connectivity index (χ1) is 12.8. The zero-order valence-corrected chi connectivity index (χ0v) is 18.6. The Balaban J connectivity index is 0.00000261. The van der Waals surface area contributed by atoms with Gasteiger partial charge in [0.25, 0.3) is 0 Å². The molecule has 1 aliphatic heterocycles. The maximum atomic E-state index is 6.27. The van der Waals surface area contributed by atoms with Gasteiger partial charge in [-0.05, 0) is 31.9 Å². The molecule has 1 aliphatic rings. The Morgan fingerprint density at radius 3 is 3.04 bits per heavy atom. The Hall–Kier alpha value is -1.55. The van der Waals surface area contributed by atoms with Crippen molar-refractivity contribution in [3.05, 3.63) is 42.1 Å². The third-order valence-electron chi connectivity index (χ3n) is 4.32. The molecular formula is C18H27ClIN7. The van der Waals surface area contributed by atoms with Crippen LogP contribution in [-0.4, -0.2) is 52.7 Å². The number of anilines is 1. The fourth-order valence-electron chi connectivity index (χ4n) is 3.06. The number of hydrogen-bond donors (Lipinski definition) is 2. The van der Waals surface area contributed by atoms with Crippen molar-refractivity contribution in [2.45, 2.75) is 32.4 Å². The zero-order valence-electron chi connectivity index (χ0n) is 15.5. The molecule has 2 N–H and O–H groups in total. The molecule has 9 heteroatoms. The number of aliphatic imine (C=N–C) groups is 1. The summed E-state index contributed by atoms with van der Waals surface area (Å²) in [5, 5.41) is 7.57. The molecule has 0 amide bonds. The molecule has 3 heterocycles. The number of hydrogen-bond acceptors (Lipinski definition) is 4. The predicted molar refractivity (Wildman–Crippen MR) is 121 cm³/mol. The summed E-state index contributed by atoms with van der Waals surface area (Å²) in [4.78, 5) is 15.4. The Bertz CT molecular complexity index is 707. The van der Waals surface area contributed by atoms with Gasteiger partial charge in [0.2, 0.25) is 0 Å². The second-order valence-corrected chi connectivity index (χ2v) is 6.71. The summed E-state index contributed by atoms with van der Waals surface area (Å²) in [6.07, 6.45) is 9.41. The third kappa shape index (κ3) is 6.53. The number of rotatable bonds is 7. The van der Waals surface area contributed by atoms with Crippen LogP contribution in [0.25, 0.3) is 0 Å². The second-order valence-electron chi connectivity index (χ2n) is 6.30. The molecule has 2 aromatic rings. The van der Waals surface area contributed by atoms with Crippen LogP contribution >= 0.6 is 35.6 Å². The van der Waals surface area contributed by atoms with Gasteiger partial charge in [-0.25, -0.2) is 9.97 Å². The highest BCUT2D eigenvalue weighted by Gasteiger charge is 2.25. The topological polar surface area (TPSA) is 70.4 Å². The van der Waals surface area contributed by atoms with Crippen LogP contribution in [0, 0.1) is 0 Å². The Morgan fingerprint density at radius 1 is 1.41 bits per heavy atom. The maximum Gasteiger partial charge on any atom is 0.191 e. The maximum absolute atomic E-state index is 6.27. The van der Waals surface area contributed by atoms with Gasteiger partial charge >= 0.3 is 0 Å². The van der Waals surface area contributed by atoms with Gasteiger partial charge in [0.15, 0.2) is 5.96 Å². The number of pyridine rings is 1. The smallest absolute Gasteiger partial charge is 0.191 e. The Kier molecular flexibility index (Phi) is 9.12. The molecule has 0 aliphatic carbocycles. The van der Waals surface area contributed by atoms with Crippen LogP contribution in [-0.2, 0) is 6.54 Å². The lowest BCUT2D eigenvalue weighted by molar-refractivity contribution is 0.630. The average Bonchev–Trinajstić information content (AvgIpc) is 3.31. The van der Waals surface area contributed by atoms with Gasteiger partial charge in [0.1, 0.15) is 5.82 Å². The first kappa shape index (κ1) is 21.7. The van der Waals surface area contributed by atoms with Crippen molar-refractivity contribution < 1.29 is 0 Å². The Labute approximate surface area is 182 Å². The van der Waals surface area contributed by atoms with Crippen LogP contribution in [0.15, 0.2) is 42.0 Å². The van der Waals surface area contributed by atoms with Crippen molar-refractivity contribution >= 4 is 47.4 Å². The minimum absolute atomic E-state index is 0. The van der Waals surface area contributed by atoms with Crippen molar-refractivity contribution in [3.8, 4) is 0 Å². The minimum Gasteiger partial charge on any atom is -0.357 e. The number of nitrogens with one attached hydrogen (secondary N) is 2. The molecule has 1 fully saturated rings. The van der Waals surface area contributed by atoms with E-state index >= 15 is 0 Å². The van der Waals surface area contributed by atoms with Crippen LogP contribution in [0.1, 0.15) is 19.8 Å². The zero-order chi connectivity index (χ0) is 18.2. The molecule has 3 rings (SSSR count). The van der Waals surface area contributed by atoms with E-state index in [4.69, 9.17) is 16.6 Å². The normalized spacial score (nSPS) is 16.9. The van der Waals surface area contributed by atoms with Crippen LogP contribution in [0.3, 0.4) is 0 Å². The van der Waals surface area contributed by atoms with Gasteiger partial charge in [0, 0.05) is 57.4 Å². The summed E-state index contributed by atoms with van der Waals surface area (Å²) < 4.78 is 2.07. The molecular weight excluding hydrogens is 477 g/mol. The summed E-state index contributed by atoms with van der Waals surface area (Å²) in [6.45, 7) is 6.44. The van der Waals surface area contributed by atoms with Gasteiger partial charge < -0.3 is 20.1 Å². The average molecular weight is 504 g/mol. The molecule has 0 saturated carbocycles. The number of nitrogens with zero attached hydrogens (tertiary/aromatic N) is 5. The summed E-state index contributed by atoms with van der Waals surface area (Å²) in [7, 11) is 0. The van der Waals surface area contributed by atoms with Crippen molar-refractivity contribution in [2.24, 2.45) is 4.99 Å². The largest absolute Gasteiger partial charge is 0.357 e. The third-order valence-corrected chi connectivity index (χ3v) is 4.61. The number of guanidine groups is 1. The van der Waals surface area contributed by atoms with Crippen molar-refractivity contribution in [1.29, 1.82) is 0 Å². The predicted octanol–water partition coefficient (Wildman–Crippen LogP) is 2.77. The van der Waals surface area contributed by atoms with Crippen LogP contribution in [0.5, 0.6) is 0 Å². The van der Waals surface area contributed by atoms with Crippen molar-refractivity contribution in [2.75, 3.05) is 31.1 Å². The highest BCUT2D eigenvalue weighted by Crippen LogP contribution is 2.25. The summed E-state index contributed by atoms with van der Waals surface area (Å²) in [6, 6.07) is 4.08. The lowest BCUT2D eigenvalue weighted by Crippen LogP contribution is -2.44. The second kappa shape index (κ2) is 11.3. The standard InChI is InChI=1S/C18H26ClN7.HI/c1-2-21-18(23-8-4-10-25-12-9-20-14-25)24-15-6-11-26(13-15)17-16(19)5-3-7-22-17;/h3,5,7,9,12,14-15H,2,4,6,8,10-11,13H2,1H3,(H2,21,23,24);1H. The summed E-state index contributed by atoms with van der Waals surface area (Å²) in [5.74, 6) is 1.73. The first-order valence-electron chi connectivity index (χ1n) is 9.12. The van der Waals surface area contributed by atoms with Gasteiger partial charge in [-0.1, -0.05) is 11.6 Å². The molecule has 1 saturated heterocycles. The summed E-state index contributed by atoms with van der Waals surface area (Å²) >= 11 is 6.27. The molecule has 1 unspecified atom stereocenters. The molecule has 0 bridgehead atoms. The lowest BCUT2D eigenvalue weighted by Gasteiger charge is -2.20. The van der Waals surface area contributed by atoms with E-state index in [0.717, 1.165) is 57.3 Å². The van der Waals surface area contributed by atoms with E-state index in [9.17, 15) is 0 Å². The molecule has 2 aromatic heterocycles. The highest BCUT2D eigenvalue weighted by molar-refractivity contribution is 14.0. The molecule has 7 nitrogen and oxygen atoms in total. The quantitative estimate of drug-likeness (QED) is 0.263. The highest BCUT2D eigenvalue weighted by atomic mass is 127. The molecule has 0 aromatic carbocycles.